The highest BCUT2D eigenvalue weighted by Gasteiger charge is 2.29. The second kappa shape index (κ2) is 11.0. The Morgan fingerprint density at radius 2 is 1.78 bits per heavy atom. The third-order valence-corrected chi connectivity index (χ3v) is 4.58. The van der Waals surface area contributed by atoms with E-state index in [0.717, 1.165) is 29.5 Å². The first-order valence-corrected chi connectivity index (χ1v) is 9.86. The van der Waals surface area contributed by atoms with Crippen molar-refractivity contribution < 1.29 is 23.5 Å². The molecule has 0 saturated carbocycles. The molecular weight excluding hydrogens is 414 g/mol. The van der Waals surface area contributed by atoms with Crippen molar-refractivity contribution in [3.8, 4) is 11.6 Å². The van der Waals surface area contributed by atoms with Gasteiger partial charge >= 0.3 is 5.97 Å². The monoisotopic (exact) mass is 439 g/mol. The number of esters is 1. The van der Waals surface area contributed by atoms with Gasteiger partial charge in [-0.3, -0.25) is 4.79 Å². The van der Waals surface area contributed by atoms with Gasteiger partial charge in [-0.2, -0.15) is 0 Å². The van der Waals surface area contributed by atoms with Crippen LogP contribution in [0.1, 0.15) is 44.8 Å². The van der Waals surface area contributed by atoms with E-state index in [4.69, 9.17) is 18.7 Å². The molecule has 0 bridgehead atoms. The van der Waals surface area contributed by atoms with E-state index in [1.54, 1.807) is 6.07 Å². The zero-order valence-corrected chi connectivity index (χ0v) is 17.5. The molecule has 0 fully saturated rings. The first kappa shape index (κ1) is 21.3. The van der Waals surface area contributed by atoms with Gasteiger partial charge in [0, 0.05) is 10.5 Å². The van der Waals surface area contributed by atoms with Gasteiger partial charge in [0.25, 0.3) is 5.88 Å². The number of aromatic nitrogens is 1. The second-order valence-electron chi connectivity index (χ2n) is 6.52. The van der Waals surface area contributed by atoms with Crippen LogP contribution in [-0.4, -0.2) is 31.4 Å². The highest BCUT2D eigenvalue weighted by atomic mass is 79.9. The maximum absolute atomic E-state index is 11.9. The van der Waals surface area contributed by atoms with Crippen molar-refractivity contribution in [3.05, 3.63) is 40.6 Å². The number of carbonyl (C=O) groups is 1. The van der Waals surface area contributed by atoms with Gasteiger partial charge in [0.15, 0.2) is 5.76 Å². The molecule has 0 N–H and O–H groups in total. The number of halogens is 1. The molecule has 27 heavy (non-hydrogen) atoms. The topological polar surface area (TPSA) is 70.8 Å². The molecule has 2 rings (SSSR count). The van der Waals surface area contributed by atoms with Crippen LogP contribution in [0.2, 0.25) is 0 Å². The molecule has 1 aromatic carbocycles. The van der Waals surface area contributed by atoms with Crippen LogP contribution < -0.4 is 9.47 Å². The number of unbranched alkanes of at least 4 members (excludes halogenated alkanes) is 2. The lowest BCUT2D eigenvalue weighted by Crippen LogP contribution is -2.19. The van der Waals surface area contributed by atoms with Gasteiger partial charge in [-0.25, -0.2) is 0 Å². The minimum atomic E-state index is -0.476. The lowest BCUT2D eigenvalue weighted by Gasteiger charge is -2.14. The van der Waals surface area contributed by atoms with E-state index in [2.05, 4.69) is 21.1 Å². The van der Waals surface area contributed by atoms with E-state index < -0.39 is 5.92 Å². The number of hydrogen-bond acceptors (Lipinski definition) is 6. The summed E-state index contributed by atoms with van der Waals surface area (Å²) in [6.45, 7) is 5.07. The van der Waals surface area contributed by atoms with Crippen LogP contribution in [-0.2, 0) is 9.53 Å². The number of nitrogens with zero attached hydrogens (tertiary/aromatic N) is 1. The van der Waals surface area contributed by atoms with Crippen molar-refractivity contribution in [2.75, 3.05) is 20.3 Å². The number of hydrogen-bond donors (Lipinski definition) is 0. The minimum absolute atomic E-state index is 0.0453. The van der Waals surface area contributed by atoms with Crippen molar-refractivity contribution in [1.82, 2.24) is 5.16 Å². The van der Waals surface area contributed by atoms with E-state index in [-0.39, 0.29) is 11.9 Å². The number of ether oxygens (including phenoxy) is 3. The maximum atomic E-state index is 11.9. The summed E-state index contributed by atoms with van der Waals surface area (Å²) in [6, 6.07) is 9.46. The van der Waals surface area contributed by atoms with Crippen molar-refractivity contribution in [1.29, 1.82) is 0 Å². The summed E-state index contributed by atoms with van der Waals surface area (Å²) in [5.41, 5.74) is 0. The second-order valence-corrected chi connectivity index (χ2v) is 7.44. The van der Waals surface area contributed by atoms with Crippen LogP contribution in [0.15, 0.2) is 39.3 Å². The molecule has 0 saturated heterocycles. The Labute approximate surface area is 168 Å². The van der Waals surface area contributed by atoms with E-state index >= 15 is 0 Å². The van der Waals surface area contributed by atoms with Crippen LogP contribution in [0.5, 0.6) is 11.6 Å². The fraction of sp³-hybridized carbons (Fsp3) is 0.500. The molecule has 7 heteroatoms. The molecule has 0 aliphatic heterocycles. The zero-order valence-electron chi connectivity index (χ0n) is 15.9. The van der Waals surface area contributed by atoms with E-state index in [0.29, 0.717) is 24.9 Å². The lowest BCUT2D eigenvalue weighted by atomic mass is 9.93. The summed E-state index contributed by atoms with van der Waals surface area (Å²) in [7, 11) is 1.37. The van der Waals surface area contributed by atoms with Crippen molar-refractivity contribution in [3.63, 3.8) is 0 Å². The molecular formula is C20H26BrNO5. The van der Waals surface area contributed by atoms with Gasteiger partial charge in [0.05, 0.1) is 20.3 Å². The quantitative estimate of drug-likeness (QED) is 0.363. The average molecular weight is 440 g/mol. The summed E-state index contributed by atoms with van der Waals surface area (Å²) >= 11 is 3.40. The predicted octanol–water partition coefficient (Wildman–Crippen LogP) is 4.98. The molecule has 1 unspecified atom stereocenters. The highest BCUT2D eigenvalue weighted by molar-refractivity contribution is 9.10. The Morgan fingerprint density at radius 1 is 1.11 bits per heavy atom. The zero-order chi connectivity index (χ0) is 19.6. The molecule has 0 amide bonds. The molecule has 0 spiro atoms. The summed E-state index contributed by atoms with van der Waals surface area (Å²) in [4.78, 5) is 11.9. The third-order valence-electron chi connectivity index (χ3n) is 4.06. The summed E-state index contributed by atoms with van der Waals surface area (Å²) < 4.78 is 22.4. The van der Waals surface area contributed by atoms with Crippen molar-refractivity contribution in [2.24, 2.45) is 5.92 Å². The summed E-state index contributed by atoms with van der Waals surface area (Å²) in [5.74, 6) is 0.966. The molecule has 0 aliphatic carbocycles. The molecule has 6 nitrogen and oxygen atoms in total. The van der Waals surface area contributed by atoms with Gasteiger partial charge in [0.1, 0.15) is 11.7 Å². The molecule has 148 valence electrons. The number of carbonyl (C=O) groups excluding carboxylic acids is 1. The Bertz CT molecular complexity index is 699. The van der Waals surface area contributed by atoms with Crippen LogP contribution in [0.4, 0.5) is 0 Å². The largest absolute Gasteiger partial charge is 0.494 e. The van der Waals surface area contributed by atoms with Crippen LogP contribution in [0, 0.1) is 5.92 Å². The minimum Gasteiger partial charge on any atom is -0.494 e. The van der Waals surface area contributed by atoms with Gasteiger partial charge in [-0.15, -0.1) is 0 Å². The fourth-order valence-corrected chi connectivity index (χ4v) is 2.87. The lowest BCUT2D eigenvalue weighted by molar-refractivity contribution is -0.144. The average Bonchev–Trinajstić information content (AvgIpc) is 3.10. The van der Waals surface area contributed by atoms with Gasteiger partial charge in [0.2, 0.25) is 0 Å². The predicted molar refractivity (Wildman–Crippen MR) is 105 cm³/mol. The Kier molecular flexibility index (Phi) is 8.64. The van der Waals surface area contributed by atoms with Gasteiger partial charge in [-0.05, 0) is 54.6 Å². The molecule has 1 aromatic heterocycles. The van der Waals surface area contributed by atoms with Gasteiger partial charge in [-0.1, -0.05) is 29.8 Å². The van der Waals surface area contributed by atoms with Crippen LogP contribution in [0.3, 0.4) is 0 Å². The Morgan fingerprint density at radius 3 is 2.41 bits per heavy atom. The van der Waals surface area contributed by atoms with E-state index in [1.807, 2.05) is 38.1 Å². The van der Waals surface area contributed by atoms with Crippen LogP contribution in [0.25, 0.3) is 0 Å². The summed E-state index contributed by atoms with van der Waals surface area (Å²) in [5, 5.41) is 3.88. The number of methoxy groups -OCH3 is 1. The van der Waals surface area contributed by atoms with E-state index in [9.17, 15) is 4.79 Å². The molecule has 1 atom stereocenters. The Balaban J connectivity index is 1.65. The highest BCUT2D eigenvalue weighted by Crippen LogP contribution is 2.28. The molecule has 2 aromatic rings. The smallest absolute Gasteiger partial charge is 0.316 e. The standard InChI is InChI=1S/C20H26BrNO5/c1-14(2)19(20(23)24-3)17-13-18(22-27-17)26-12-6-4-5-11-25-16-9-7-15(21)8-10-16/h7-10,13-14,19H,4-6,11-12H2,1-3H3. The summed E-state index contributed by atoms with van der Waals surface area (Å²) in [6.07, 6.45) is 2.82. The number of benzene rings is 1. The first-order valence-electron chi connectivity index (χ1n) is 9.07. The van der Waals surface area contributed by atoms with Crippen LogP contribution >= 0.6 is 15.9 Å². The normalized spacial score (nSPS) is 12.0. The fourth-order valence-electron chi connectivity index (χ4n) is 2.61. The number of rotatable bonds is 11. The Hall–Kier alpha value is -2.02. The SMILES string of the molecule is COC(=O)C(c1cc(OCCCCCOc2ccc(Br)cc2)no1)C(C)C. The molecule has 0 radical (unpaired) electrons. The maximum Gasteiger partial charge on any atom is 0.316 e. The van der Waals surface area contributed by atoms with Crippen molar-refractivity contribution >= 4 is 21.9 Å². The molecule has 0 aliphatic rings. The van der Waals surface area contributed by atoms with E-state index in [1.165, 1.54) is 7.11 Å². The first-order chi connectivity index (χ1) is 13.0. The molecule has 1 heterocycles. The van der Waals surface area contributed by atoms with Gasteiger partial charge < -0.3 is 18.7 Å². The van der Waals surface area contributed by atoms with Crippen molar-refractivity contribution in [2.45, 2.75) is 39.0 Å². The third kappa shape index (κ3) is 6.90.